The van der Waals surface area contributed by atoms with Crippen molar-refractivity contribution in [3.63, 3.8) is 0 Å². The standard InChI is InChI=1S/C86H153N3O41/c1-7-9-11-13-15-17-19-21-23-25-27-29-31-33-47(98)46(89-54(99)34-32-30-28-26-24-22-20-18-16-14-12-10-8-2)41-115-81-69(112)66(109)73(52(39-94)123-81)124-84-70(113)77(61(104)49(36-91)118-84)129-80-56(88-45(6)97)75(74(53(40-95)122-80)126-82-67(110)63(106)57(100)42(3)116-82)127-85-71(114)76(60(103)50(37-92)119-85)128-79-55(87-44(5)96)62(105)72(51(38-93)121-79)125-86-78(65(108)59(102)48(35-90)120-86)130-83-68(111)64(107)58(101)43(4)117-83/h31,33,42-43,46-53,55-86,90-95,98,100-114H,7-30,32,34-41H2,1-6H3,(H,87,96)(H,88,97)(H,89,99)/b33-31+/t42?,43?,46-,47+,48?,49?,50?,51?,52?,53?,55?,56?,57+,58+,59-,60-,61-,62+,63?,64?,65-,66+,67-,68-,69?,70?,71?,72+,73+,74+,75+,76-,77-,78?,79-,80-,81+,82+,83+,84-,85-,86-/m0/s1. The van der Waals surface area contributed by atoms with Gasteiger partial charge in [0.1, 0.15) is 183 Å². The molecule has 16 unspecified atom stereocenters. The van der Waals surface area contributed by atoms with Gasteiger partial charge in [-0.1, -0.05) is 167 Å². The first kappa shape index (κ1) is 112. The van der Waals surface area contributed by atoms with Crippen LogP contribution in [0.5, 0.6) is 0 Å². The fourth-order valence-corrected chi connectivity index (χ4v) is 17.6. The second kappa shape index (κ2) is 56.6. The lowest BCUT2D eigenvalue weighted by Gasteiger charge is -2.52. The number of rotatable bonds is 54. The van der Waals surface area contributed by atoms with Crippen LogP contribution < -0.4 is 16.0 Å². The highest BCUT2D eigenvalue weighted by Gasteiger charge is 2.61. The molecule has 8 aliphatic rings. The van der Waals surface area contributed by atoms with E-state index in [4.69, 9.17) is 75.8 Å². The first-order chi connectivity index (χ1) is 62.2. The van der Waals surface area contributed by atoms with Crippen LogP contribution >= 0.6 is 0 Å². The summed E-state index contributed by atoms with van der Waals surface area (Å²) in [6.07, 6.45) is -45.8. The van der Waals surface area contributed by atoms with Crippen molar-refractivity contribution >= 4 is 17.7 Å². The summed E-state index contributed by atoms with van der Waals surface area (Å²) in [7, 11) is 0. The number of unbranched alkanes of at least 4 members (excludes halogenated alkanes) is 23. The van der Waals surface area contributed by atoms with E-state index in [-0.39, 0.29) is 12.3 Å². The molecule has 42 atom stereocenters. The van der Waals surface area contributed by atoms with Crippen LogP contribution in [0.1, 0.15) is 208 Å². The second-order valence-electron chi connectivity index (χ2n) is 35.5. The number of hydrogen-bond donors (Lipinski definition) is 25. The zero-order valence-electron chi connectivity index (χ0n) is 75.3. The van der Waals surface area contributed by atoms with Gasteiger partial charge < -0.3 is 204 Å². The molecule has 8 fully saturated rings. The molecule has 0 aromatic heterocycles. The van der Waals surface area contributed by atoms with Crippen molar-refractivity contribution in [2.24, 2.45) is 0 Å². The summed E-state index contributed by atoms with van der Waals surface area (Å²) in [6, 6.07) is -5.09. The summed E-state index contributed by atoms with van der Waals surface area (Å²) in [4.78, 5) is 40.5. The van der Waals surface area contributed by atoms with E-state index in [1.54, 1.807) is 6.08 Å². The number of hydrogen-bond acceptors (Lipinski definition) is 41. The Morgan fingerprint density at radius 1 is 0.315 bits per heavy atom. The Bertz CT molecular complexity index is 3190. The van der Waals surface area contributed by atoms with Crippen LogP contribution in [-0.2, 0) is 90.2 Å². The van der Waals surface area contributed by atoms with E-state index in [1.165, 1.54) is 104 Å². The molecule has 130 heavy (non-hydrogen) atoms. The molecule has 8 aliphatic heterocycles. The minimum absolute atomic E-state index is 0.140. The molecule has 8 heterocycles. The number of carbonyl (C=O) groups is 3. The van der Waals surface area contributed by atoms with Crippen molar-refractivity contribution in [1.29, 1.82) is 0 Å². The van der Waals surface area contributed by atoms with Gasteiger partial charge in [-0.2, -0.15) is 0 Å². The predicted octanol–water partition coefficient (Wildman–Crippen LogP) is -5.50. The van der Waals surface area contributed by atoms with E-state index in [1.807, 2.05) is 6.08 Å². The number of aliphatic hydroxyl groups is 22. The third-order valence-corrected chi connectivity index (χ3v) is 25.4. The molecule has 758 valence electrons. The van der Waals surface area contributed by atoms with E-state index < -0.39 is 316 Å². The number of aliphatic hydroxyl groups excluding tert-OH is 22. The lowest BCUT2D eigenvalue weighted by molar-refractivity contribution is -0.398. The van der Waals surface area contributed by atoms with E-state index in [9.17, 15) is 127 Å². The Morgan fingerprint density at radius 3 is 1.10 bits per heavy atom. The zero-order valence-corrected chi connectivity index (χ0v) is 75.3. The largest absolute Gasteiger partial charge is 0.394 e. The highest BCUT2D eigenvalue weighted by molar-refractivity contribution is 5.76. The molecule has 0 saturated carbocycles. The Balaban J connectivity index is 1.00. The second-order valence-corrected chi connectivity index (χ2v) is 35.5. The maximum absolute atomic E-state index is 13.7. The van der Waals surface area contributed by atoms with Gasteiger partial charge in [-0.25, -0.2) is 0 Å². The first-order valence-electron chi connectivity index (χ1n) is 46.7. The quantitative estimate of drug-likeness (QED) is 0.0200. The first-order valence-corrected chi connectivity index (χ1v) is 46.7. The molecule has 0 aromatic carbocycles. The normalized spacial score (nSPS) is 40.9. The van der Waals surface area contributed by atoms with E-state index in [0.29, 0.717) is 12.8 Å². The number of nitrogens with one attached hydrogen (secondary N) is 3. The SMILES string of the molecule is CCCCCCCCCCCCC/C=C/[C@@H](O)[C@H](CO[C@@H]1OC(CO)[C@@H](O[C@@H]2OC(CO)[C@H](O)[C@H](O[C@@H]3OC(CO)[C@@H](O[C@H]4OC(C)[C@@H](O)C(O)[C@@H]4O)[C@H](O[C@@H]4OC(CO)[C@H](O)[C@H](O[C@@H]5OC(CO)[C@@H](O[C@@H]6OC(CO)[C@H](O)[C@H](O)C6O[C@H]6OC(C)[C@@H](O)C(O)[C@@H]6O)[C@H](O)C5NC(C)=O)C4O)C3NC(C)=O)C2O)[C@H](O)C1O)NC(=O)CCCCCCCCCCCCCCC. The average Bonchev–Trinajstić information content (AvgIpc) is 0.759. The van der Waals surface area contributed by atoms with Crippen LogP contribution in [-0.4, -0.2) is 434 Å². The summed E-state index contributed by atoms with van der Waals surface area (Å²) >= 11 is 0. The van der Waals surface area contributed by atoms with Crippen molar-refractivity contribution in [1.82, 2.24) is 16.0 Å². The van der Waals surface area contributed by atoms with Crippen molar-refractivity contribution in [3.8, 4) is 0 Å². The summed E-state index contributed by atoms with van der Waals surface area (Å²) in [6.45, 7) is 1.81. The Kier molecular flexibility index (Phi) is 48.8. The summed E-state index contributed by atoms with van der Waals surface area (Å²) < 4.78 is 96.8. The van der Waals surface area contributed by atoms with Crippen molar-refractivity contribution in [2.75, 3.05) is 46.2 Å². The lowest BCUT2D eigenvalue weighted by atomic mass is 9.93. The van der Waals surface area contributed by atoms with Gasteiger partial charge in [0.05, 0.1) is 70.6 Å². The van der Waals surface area contributed by atoms with Gasteiger partial charge in [0.25, 0.3) is 0 Å². The number of ether oxygens (including phenoxy) is 16. The van der Waals surface area contributed by atoms with Gasteiger partial charge in [0, 0.05) is 20.3 Å². The molecule has 8 rings (SSSR count). The molecule has 0 aromatic rings. The molecule has 44 nitrogen and oxygen atoms in total. The smallest absolute Gasteiger partial charge is 0.220 e. The molecule has 3 amide bonds. The van der Waals surface area contributed by atoms with Crippen LogP contribution in [0.4, 0.5) is 0 Å². The Hall–Kier alpha value is -3.37. The van der Waals surface area contributed by atoms with Gasteiger partial charge in [-0.15, -0.1) is 0 Å². The van der Waals surface area contributed by atoms with Gasteiger partial charge in [-0.3, -0.25) is 14.4 Å². The third kappa shape index (κ3) is 31.1. The van der Waals surface area contributed by atoms with Crippen LogP contribution in [0.15, 0.2) is 12.2 Å². The Morgan fingerprint density at radius 2 is 0.646 bits per heavy atom. The summed E-state index contributed by atoms with van der Waals surface area (Å²) in [5.74, 6) is -2.29. The van der Waals surface area contributed by atoms with Gasteiger partial charge in [0.15, 0.2) is 50.3 Å². The van der Waals surface area contributed by atoms with E-state index >= 15 is 0 Å². The van der Waals surface area contributed by atoms with Crippen molar-refractivity contribution in [2.45, 2.75) is 466 Å². The summed E-state index contributed by atoms with van der Waals surface area (Å²) in [5, 5.41) is 257. The molecular weight excluding hydrogens is 1730 g/mol. The van der Waals surface area contributed by atoms with Gasteiger partial charge >= 0.3 is 0 Å². The van der Waals surface area contributed by atoms with Gasteiger partial charge in [-0.05, 0) is 33.1 Å². The van der Waals surface area contributed by atoms with Crippen molar-refractivity contribution in [3.05, 3.63) is 12.2 Å². The average molecular weight is 1890 g/mol. The number of amides is 3. The monoisotopic (exact) mass is 1880 g/mol. The van der Waals surface area contributed by atoms with Crippen LogP contribution in [0.25, 0.3) is 0 Å². The maximum atomic E-state index is 13.7. The van der Waals surface area contributed by atoms with Crippen LogP contribution in [0.3, 0.4) is 0 Å². The molecular formula is C86H153N3O41. The molecule has 0 bridgehead atoms. The minimum atomic E-state index is -2.46. The highest BCUT2D eigenvalue weighted by Crippen LogP contribution is 2.41. The molecule has 8 saturated heterocycles. The Labute approximate surface area is 757 Å². The topological polar surface area (TPSA) is 680 Å². The van der Waals surface area contributed by atoms with Gasteiger partial charge in [0.2, 0.25) is 17.7 Å². The van der Waals surface area contributed by atoms with Crippen LogP contribution in [0, 0.1) is 0 Å². The third-order valence-electron chi connectivity index (χ3n) is 25.4. The summed E-state index contributed by atoms with van der Waals surface area (Å²) in [5.41, 5.74) is 0. The van der Waals surface area contributed by atoms with Crippen LogP contribution in [0.2, 0.25) is 0 Å². The molecule has 0 aliphatic carbocycles. The lowest BCUT2D eigenvalue weighted by Crippen LogP contribution is -2.72. The molecule has 0 radical (unpaired) electrons. The highest BCUT2D eigenvalue weighted by atomic mass is 16.8. The number of allylic oxidation sites excluding steroid dienone is 1. The maximum Gasteiger partial charge on any atom is 0.220 e. The minimum Gasteiger partial charge on any atom is -0.394 e. The molecule has 44 heteroatoms. The number of carbonyl (C=O) groups excluding carboxylic acids is 3. The molecule has 25 N–H and O–H groups in total. The molecule has 0 spiro atoms. The fourth-order valence-electron chi connectivity index (χ4n) is 17.6. The van der Waals surface area contributed by atoms with E-state index in [0.717, 1.165) is 71.6 Å². The predicted molar refractivity (Wildman–Crippen MR) is 447 cm³/mol. The fraction of sp³-hybridized carbons (Fsp3) is 0.942. The van der Waals surface area contributed by atoms with Crippen molar-refractivity contribution < 1.29 is 203 Å². The van der Waals surface area contributed by atoms with E-state index in [2.05, 4.69) is 29.8 Å². The zero-order chi connectivity index (χ0) is 95.2.